The van der Waals surface area contributed by atoms with Crippen molar-refractivity contribution in [3.05, 3.63) is 58.0 Å². The summed E-state index contributed by atoms with van der Waals surface area (Å²) in [6.45, 7) is 0. The highest BCUT2D eigenvalue weighted by molar-refractivity contribution is 5.94. The van der Waals surface area contributed by atoms with E-state index in [0.717, 1.165) is 11.8 Å². The average Bonchev–Trinajstić information content (AvgIpc) is 2.79. The molecule has 0 aliphatic heterocycles. The first-order chi connectivity index (χ1) is 8.16. The standard InChI is InChI=1S/C11H9N3O3/c15-9(6-8-4-2-1-3-5-8)11-12-7-10(13-11)14(16)17/h1-5,7H,6H2,(H,12,13). The molecule has 0 saturated carbocycles. The minimum Gasteiger partial charge on any atom is -0.358 e. The van der Waals surface area contributed by atoms with E-state index < -0.39 is 4.92 Å². The fourth-order valence-electron chi connectivity index (χ4n) is 1.41. The van der Waals surface area contributed by atoms with Crippen LogP contribution >= 0.6 is 0 Å². The summed E-state index contributed by atoms with van der Waals surface area (Å²) in [6, 6.07) is 9.14. The number of nitrogens with one attached hydrogen (secondary N) is 1. The Morgan fingerprint density at radius 2 is 2.06 bits per heavy atom. The lowest BCUT2D eigenvalue weighted by Gasteiger charge is -1.95. The molecule has 0 fully saturated rings. The van der Waals surface area contributed by atoms with Crippen molar-refractivity contribution in [2.24, 2.45) is 0 Å². The van der Waals surface area contributed by atoms with Gasteiger partial charge in [-0.3, -0.25) is 4.79 Å². The highest BCUT2D eigenvalue weighted by Gasteiger charge is 2.17. The summed E-state index contributed by atoms with van der Waals surface area (Å²) in [7, 11) is 0. The topological polar surface area (TPSA) is 88.9 Å². The number of benzene rings is 1. The molecule has 0 aliphatic rings. The molecule has 1 N–H and O–H groups in total. The number of Topliss-reactive ketones (excluding diaryl/α,β-unsaturated/α-hetero) is 1. The summed E-state index contributed by atoms with van der Waals surface area (Å²) in [5.74, 6) is -0.536. The molecule has 1 heterocycles. The van der Waals surface area contributed by atoms with Crippen LogP contribution in [0.15, 0.2) is 36.5 Å². The fourth-order valence-corrected chi connectivity index (χ4v) is 1.41. The molecule has 6 nitrogen and oxygen atoms in total. The van der Waals surface area contributed by atoms with E-state index in [1.165, 1.54) is 0 Å². The second-order valence-electron chi connectivity index (χ2n) is 3.46. The molecular formula is C11H9N3O3. The minimum atomic E-state index is -0.619. The monoisotopic (exact) mass is 231 g/mol. The van der Waals surface area contributed by atoms with Gasteiger partial charge >= 0.3 is 5.82 Å². The maximum atomic E-state index is 11.7. The van der Waals surface area contributed by atoms with Gasteiger partial charge in [-0.1, -0.05) is 30.3 Å². The Balaban J connectivity index is 2.12. The van der Waals surface area contributed by atoms with Crippen molar-refractivity contribution in [2.45, 2.75) is 6.42 Å². The zero-order valence-electron chi connectivity index (χ0n) is 8.79. The van der Waals surface area contributed by atoms with Gasteiger partial charge in [-0.25, -0.2) is 9.97 Å². The van der Waals surface area contributed by atoms with Crippen LogP contribution in [0.4, 0.5) is 5.82 Å². The third-order valence-electron chi connectivity index (χ3n) is 2.23. The van der Waals surface area contributed by atoms with Crippen LogP contribution in [0.3, 0.4) is 0 Å². The first-order valence-electron chi connectivity index (χ1n) is 4.93. The molecule has 0 spiro atoms. The molecule has 0 radical (unpaired) electrons. The van der Waals surface area contributed by atoms with Crippen LogP contribution in [-0.2, 0) is 6.42 Å². The number of H-pyrrole nitrogens is 1. The number of nitro groups is 1. The van der Waals surface area contributed by atoms with E-state index in [9.17, 15) is 14.9 Å². The van der Waals surface area contributed by atoms with Crippen LogP contribution in [-0.4, -0.2) is 20.7 Å². The molecule has 0 unspecified atom stereocenters. The van der Waals surface area contributed by atoms with Gasteiger partial charge in [0.1, 0.15) is 6.20 Å². The number of aromatic nitrogens is 2. The minimum absolute atomic E-state index is 0.0144. The predicted molar refractivity (Wildman–Crippen MR) is 59.7 cm³/mol. The van der Waals surface area contributed by atoms with Gasteiger partial charge in [0.25, 0.3) is 5.82 Å². The molecular weight excluding hydrogens is 222 g/mol. The fraction of sp³-hybridized carbons (Fsp3) is 0.0909. The van der Waals surface area contributed by atoms with Gasteiger partial charge in [0.15, 0.2) is 0 Å². The largest absolute Gasteiger partial charge is 0.358 e. The van der Waals surface area contributed by atoms with Crippen molar-refractivity contribution in [3.8, 4) is 0 Å². The Kier molecular flexibility index (Phi) is 2.95. The Morgan fingerprint density at radius 1 is 1.35 bits per heavy atom. The summed E-state index contributed by atoms with van der Waals surface area (Å²) in [5, 5.41) is 10.4. The number of nitrogens with zero attached hydrogens (tertiary/aromatic N) is 2. The van der Waals surface area contributed by atoms with Gasteiger partial charge in [0.2, 0.25) is 5.78 Å². The molecule has 1 aromatic heterocycles. The molecule has 0 amide bonds. The van der Waals surface area contributed by atoms with E-state index in [1.807, 2.05) is 30.3 Å². The highest BCUT2D eigenvalue weighted by atomic mass is 16.6. The quantitative estimate of drug-likeness (QED) is 0.493. The lowest BCUT2D eigenvalue weighted by atomic mass is 10.1. The van der Waals surface area contributed by atoms with E-state index in [0.29, 0.717) is 0 Å². The number of hydrogen-bond donors (Lipinski definition) is 1. The second-order valence-corrected chi connectivity index (χ2v) is 3.46. The molecule has 0 saturated heterocycles. The van der Waals surface area contributed by atoms with Gasteiger partial charge in [-0.2, -0.15) is 0 Å². The normalized spacial score (nSPS) is 10.1. The summed E-state index contributed by atoms with van der Waals surface area (Å²) in [6.07, 6.45) is 1.21. The van der Waals surface area contributed by atoms with Gasteiger partial charge in [-0.15, -0.1) is 0 Å². The smallest absolute Gasteiger partial charge is 0.341 e. The van der Waals surface area contributed by atoms with Crippen LogP contribution in [0.5, 0.6) is 0 Å². The Hall–Kier alpha value is -2.50. The number of hydrogen-bond acceptors (Lipinski definition) is 4. The van der Waals surface area contributed by atoms with Crippen molar-refractivity contribution >= 4 is 11.6 Å². The van der Waals surface area contributed by atoms with Crippen molar-refractivity contribution in [1.82, 2.24) is 9.97 Å². The molecule has 86 valence electrons. The van der Waals surface area contributed by atoms with Gasteiger partial charge < -0.3 is 10.1 Å². The molecule has 0 atom stereocenters. The zero-order valence-corrected chi connectivity index (χ0v) is 8.79. The van der Waals surface area contributed by atoms with Gasteiger partial charge in [0.05, 0.1) is 0 Å². The number of aromatic amines is 1. The maximum absolute atomic E-state index is 11.7. The second kappa shape index (κ2) is 4.56. The number of rotatable bonds is 4. The molecule has 17 heavy (non-hydrogen) atoms. The average molecular weight is 231 g/mol. The molecule has 0 bridgehead atoms. The highest BCUT2D eigenvalue weighted by Crippen LogP contribution is 2.09. The SMILES string of the molecule is O=C(Cc1ccccc1)c1ncc([N+](=O)[O-])[nH]1. The summed E-state index contributed by atoms with van der Waals surface area (Å²) >= 11 is 0. The van der Waals surface area contributed by atoms with Crippen LogP contribution in [0.25, 0.3) is 0 Å². The third kappa shape index (κ3) is 2.54. The number of ketones is 1. The van der Waals surface area contributed by atoms with Gasteiger partial charge in [0, 0.05) is 6.42 Å². The predicted octanol–water partition coefficient (Wildman–Crippen LogP) is 1.74. The van der Waals surface area contributed by atoms with Crippen molar-refractivity contribution in [2.75, 3.05) is 0 Å². The molecule has 2 rings (SSSR count). The third-order valence-corrected chi connectivity index (χ3v) is 2.23. The van der Waals surface area contributed by atoms with E-state index in [2.05, 4.69) is 9.97 Å². The maximum Gasteiger partial charge on any atom is 0.341 e. The summed E-state index contributed by atoms with van der Waals surface area (Å²) in [5.41, 5.74) is 0.844. The van der Waals surface area contributed by atoms with E-state index in [4.69, 9.17) is 0 Å². The number of carbonyl (C=O) groups excluding carboxylic acids is 1. The van der Waals surface area contributed by atoms with Crippen LogP contribution in [0, 0.1) is 10.1 Å². The summed E-state index contributed by atoms with van der Waals surface area (Å²) < 4.78 is 0. The van der Waals surface area contributed by atoms with Gasteiger partial charge in [-0.05, 0) is 10.5 Å². The first-order valence-corrected chi connectivity index (χ1v) is 4.93. The Morgan fingerprint density at radius 3 is 2.65 bits per heavy atom. The van der Waals surface area contributed by atoms with Crippen molar-refractivity contribution in [3.63, 3.8) is 0 Å². The van der Waals surface area contributed by atoms with Crippen LogP contribution in [0.2, 0.25) is 0 Å². The van der Waals surface area contributed by atoms with E-state index in [-0.39, 0.29) is 23.8 Å². The number of carbonyl (C=O) groups is 1. The number of imidazole rings is 1. The molecule has 2 aromatic rings. The molecule has 6 heteroatoms. The van der Waals surface area contributed by atoms with Crippen LogP contribution < -0.4 is 0 Å². The zero-order chi connectivity index (χ0) is 12.3. The summed E-state index contributed by atoms with van der Waals surface area (Å²) in [4.78, 5) is 27.6. The van der Waals surface area contributed by atoms with Crippen LogP contribution in [0.1, 0.15) is 16.2 Å². The lowest BCUT2D eigenvalue weighted by Crippen LogP contribution is -2.05. The van der Waals surface area contributed by atoms with E-state index in [1.54, 1.807) is 0 Å². The Bertz CT molecular complexity index is 548. The van der Waals surface area contributed by atoms with Crippen molar-refractivity contribution < 1.29 is 9.72 Å². The molecule has 0 aliphatic carbocycles. The molecule has 1 aromatic carbocycles. The Labute approximate surface area is 96.5 Å². The lowest BCUT2D eigenvalue weighted by molar-refractivity contribution is -0.389. The van der Waals surface area contributed by atoms with Crippen molar-refractivity contribution in [1.29, 1.82) is 0 Å². The first kappa shape index (κ1) is 11.0. The van der Waals surface area contributed by atoms with E-state index >= 15 is 0 Å².